The van der Waals surface area contributed by atoms with Gasteiger partial charge in [-0.2, -0.15) is 0 Å². The average Bonchev–Trinajstić information content (AvgIpc) is 2.68. The van der Waals surface area contributed by atoms with Crippen LogP contribution in [0.4, 0.5) is 0 Å². The second kappa shape index (κ2) is 10.1. The monoisotopic (exact) mass is 612 g/mol. The van der Waals surface area contributed by atoms with Crippen molar-refractivity contribution in [3.63, 3.8) is 0 Å². The summed E-state index contributed by atoms with van der Waals surface area (Å²) < 4.78 is 0. The van der Waals surface area contributed by atoms with Gasteiger partial charge < -0.3 is 19.8 Å². The van der Waals surface area contributed by atoms with Gasteiger partial charge in [0.05, 0.1) is 11.9 Å². The summed E-state index contributed by atoms with van der Waals surface area (Å²) in [6.07, 6.45) is 0. The van der Waals surface area contributed by atoms with Crippen LogP contribution in [0.15, 0.2) is 72.8 Å². The fraction of sp³-hybridized carbons (Fsp3) is 0. The second-order valence-corrected chi connectivity index (χ2v) is 6.74. The molecule has 0 atom stereocenters. The van der Waals surface area contributed by atoms with Crippen molar-refractivity contribution in [1.29, 1.82) is 0 Å². The first kappa shape index (κ1) is 23.1. The van der Waals surface area contributed by atoms with Crippen LogP contribution in [0, 0.1) is 0 Å². The molecule has 0 aliphatic rings. The third-order valence-electron chi connectivity index (χ3n) is 4.13. The number of fused-ring (bicyclic) bond motifs is 2. The number of hydrogen-bond donors (Lipinski definition) is 0. The molecule has 4 nitrogen and oxygen atoms in total. The van der Waals surface area contributed by atoms with Crippen molar-refractivity contribution >= 4 is 56.7 Å². The summed E-state index contributed by atoms with van der Waals surface area (Å²) in [7, 11) is 0. The number of hydrogen-bond acceptors (Lipinski definition) is 4. The number of rotatable bonds is 2. The molecule has 0 saturated heterocycles. The number of aromatic carboxylic acids is 2. The zero-order chi connectivity index (χ0) is 20.3. The van der Waals surface area contributed by atoms with Crippen LogP contribution in [-0.4, -0.2) is 11.9 Å². The first-order valence-corrected chi connectivity index (χ1v) is 8.91. The van der Waals surface area contributed by atoms with E-state index in [-0.39, 0.29) is 38.8 Å². The molecule has 0 unspecified atom stereocenters. The van der Waals surface area contributed by atoms with Gasteiger partial charge in [0.15, 0.2) is 0 Å². The van der Waals surface area contributed by atoms with Crippen molar-refractivity contribution < 1.29 is 47.5 Å². The molecule has 140 valence electrons. The van der Waals surface area contributed by atoms with Crippen molar-refractivity contribution in [1.82, 2.24) is 0 Å². The van der Waals surface area contributed by atoms with E-state index in [2.05, 4.69) is 0 Å². The van der Waals surface area contributed by atoms with E-state index in [1.807, 2.05) is 12.1 Å². The molecule has 0 amide bonds. The molecule has 4 aromatic rings. The third kappa shape index (κ3) is 5.47. The van der Waals surface area contributed by atoms with Gasteiger partial charge in [-0.25, -0.2) is 0 Å². The van der Waals surface area contributed by atoms with E-state index < -0.39 is 11.9 Å². The van der Waals surface area contributed by atoms with E-state index in [0.717, 1.165) is 21.5 Å². The van der Waals surface area contributed by atoms with E-state index >= 15 is 0 Å². The molecule has 4 rings (SSSR count). The predicted octanol–water partition coefficient (Wildman–Crippen LogP) is 3.71. The molecule has 0 fully saturated rings. The van der Waals surface area contributed by atoms with Crippen LogP contribution in [0.3, 0.4) is 0 Å². The normalized spacial score (nSPS) is 10.0. The van der Waals surface area contributed by atoms with Crippen LogP contribution < -0.4 is 10.2 Å². The van der Waals surface area contributed by atoms with Crippen LogP contribution >= 0.6 is 23.2 Å². The van der Waals surface area contributed by atoms with Crippen LogP contribution in [-0.2, 0) is 27.7 Å². The number of halogens is 2. The Bertz CT molecular complexity index is 1110. The van der Waals surface area contributed by atoms with Crippen molar-refractivity contribution in [2.24, 2.45) is 0 Å². The Balaban J connectivity index is 0.000000200. The van der Waals surface area contributed by atoms with E-state index in [4.69, 9.17) is 23.2 Å². The molecule has 0 bridgehead atoms. The van der Waals surface area contributed by atoms with Crippen LogP contribution in [0.25, 0.3) is 21.5 Å². The molecule has 7 heteroatoms. The molecule has 0 radical (unpaired) electrons. The number of carbonyl (C=O) groups excluding carboxylic acids is 2. The zero-order valence-electron chi connectivity index (χ0n) is 15.0. The Morgan fingerprint density at radius 1 is 0.621 bits per heavy atom. The molecule has 0 heterocycles. The van der Waals surface area contributed by atoms with Gasteiger partial charge in [0.2, 0.25) is 0 Å². The maximum absolute atomic E-state index is 10.6. The molecule has 4 aromatic carbocycles. The van der Waals surface area contributed by atoms with Gasteiger partial charge in [-0.3, -0.25) is 0 Å². The molecule has 0 saturated carbocycles. The molecule has 0 aliphatic carbocycles. The Kier molecular flexibility index (Phi) is 8.02. The summed E-state index contributed by atoms with van der Waals surface area (Å²) >= 11 is 11.9. The average molecular weight is 612 g/mol. The summed E-state index contributed by atoms with van der Waals surface area (Å²) in [6.45, 7) is 0. The minimum absolute atomic E-state index is 0. The van der Waals surface area contributed by atoms with Gasteiger partial charge in [-0.05, 0) is 46.2 Å². The largest absolute Gasteiger partial charge is 2.00 e. The smallest absolute Gasteiger partial charge is 0.545 e. The number of carboxylic acid groups (broad SMARTS) is 2. The first-order chi connectivity index (χ1) is 13.4. The Labute approximate surface area is 197 Å². The van der Waals surface area contributed by atoms with Crippen LogP contribution in [0.2, 0.25) is 10.0 Å². The number of carboxylic acids is 2. The molecular formula is C22H12Cl2HgO4. The summed E-state index contributed by atoms with van der Waals surface area (Å²) in [6, 6.07) is 20.2. The Morgan fingerprint density at radius 3 is 1.34 bits per heavy atom. The minimum Gasteiger partial charge on any atom is -0.545 e. The zero-order valence-corrected chi connectivity index (χ0v) is 22.0. The topological polar surface area (TPSA) is 80.3 Å². The first-order valence-electron chi connectivity index (χ1n) is 8.16. The van der Waals surface area contributed by atoms with Gasteiger partial charge in [0.1, 0.15) is 0 Å². The van der Waals surface area contributed by atoms with Crippen molar-refractivity contribution in [3.05, 3.63) is 94.0 Å². The van der Waals surface area contributed by atoms with Crippen molar-refractivity contribution in [2.75, 3.05) is 0 Å². The number of benzene rings is 4. The fourth-order valence-electron chi connectivity index (χ4n) is 2.74. The maximum Gasteiger partial charge on any atom is 2.00 e. The van der Waals surface area contributed by atoms with Gasteiger partial charge >= 0.3 is 27.7 Å². The summed E-state index contributed by atoms with van der Waals surface area (Å²) in [5, 5.41) is 25.7. The fourth-order valence-corrected chi connectivity index (χ4v) is 3.23. The van der Waals surface area contributed by atoms with Gasteiger partial charge in [0.25, 0.3) is 0 Å². The molecular weight excluding hydrogens is 600 g/mol. The van der Waals surface area contributed by atoms with E-state index in [9.17, 15) is 19.8 Å². The number of carbonyl (C=O) groups is 2. The molecule has 0 spiro atoms. The van der Waals surface area contributed by atoms with E-state index in [1.54, 1.807) is 48.5 Å². The quantitative estimate of drug-likeness (QED) is 0.324. The Hall–Kier alpha value is -2.14. The van der Waals surface area contributed by atoms with Gasteiger partial charge in [-0.15, -0.1) is 0 Å². The standard InChI is InChI=1S/2C11H7ClO2.Hg/c2*12-10-3-1-2-7-6-8(11(13)14)4-5-9(7)10;/h2*1-6H,(H,13,14);/q;;+2/p-2. The van der Waals surface area contributed by atoms with E-state index in [1.165, 1.54) is 12.1 Å². The second-order valence-electron chi connectivity index (χ2n) is 5.93. The van der Waals surface area contributed by atoms with Crippen molar-refractivity contribution in [2.45, 2.75) is 0 Å². The van der Waals surface area contributed by atoms with Crippen molar-refractivity contribution in [3.8, 4) is 0 Å². The molecule has 0 N–H and O–H groups in total. The maximum atomic E-state index is 10.6. The summed E-state index contributed by atoms with van der Waals surface area (Å²) in [5.41, 5.74) is 0.333. The summed E-state index contributed by atoms with van der Waals surface area (Å²) in [5.74, 6) is -2.35. The third-order valence-corrected chi connectivity index (χ3v) is 4.78. The molecule has 0 aliphatic heterocycles. The van der Waals surface area contributed by atoms with Crippen LogP contribution in [0.1, 0.15) is 20.7 Å². The van der Waals surface area contributed by atoms with Gasteiger partial charge in [0, 0.05) is 20.8 Å². The predicted molar refractivity (Wildman–Crippen MR) is 107 cm³/mol. The Morgan fingerprint density at radius 2 is 1.00 bits per heavy atom. The van der Waals surface area contributed by atoms with Crippen LogP contribution in [0.5, 0.6) is 0 Å². The minimum atomic E-state index is -1.17. The summed E-state index contributed by atoms with van der Waals surface area (Å²) in [4.78, 5) is 21.2. The molecule has 0 aromatic heterocycles. The van der Waals surface area contributed by atoms with Gasteiger partial charge in [-0.1, -0.05) is 71.7 Å². The SMILES string of the molecule is O=C([O-])c1ccc2c(Cl)cccc2c1.O=C([O-])c1ccc2c(Cl)cccc2c1.[Hg+2]. The molecule has 29 heavy (non-hydrogen) atoms. The van der Waals surface area contributed by atoms with E-state index in [0.29, 0.717) is 10.0 Å².